The zero-order valence-electron chi connectivity index (χ0n) is 8.76. The molecule has 1 aromatic carbocycles. The molecule has 0 bridgehead atoms. The molecular weight excluding hydrogens is 178 g/mol. The van der Waals surface area contributed by atoms with Gasteiger partial charge in [-0.15, -0.1) is 0 Å². The van der Waals surface area contributed by atoms with E-state index in [1.807, 2.05) is 19.1 Å². The highest BCUT2D eigenvalue weighted by atomic mass is 16.5. The Bertz CT molecular complexity index is 334. The van der Waals surface area contributed by atoms with Gasteiger partial charge in [0.1, 0.15) is 5.75 Å². The molecule has 0 aliphatic heterocycles. The zero-order valence-corrected chi connectivity index (χ0v) is 8.76. The van der Waals surface area contributed by atoms with E-state index in [-0.39, 0.29) is 5.78 Å². The molecule has 1 N–H and O–H groups in total. The second-order valence-corrected chi connectivity index (χ2v) is 3.00. The SMILES string of the molecule is CCNc1ccc(OC)cc1C(C)=O. The predicted octanol–water partition coefficient (Wildman–Crippen LogP) is 2.33. The van der Waals surface area contributed by atoms with Crippen molar-refractivity contribution < 1.29 is 9.53 Å². The van der Waals surface area contributed by atoms with Gasteiger partial charge in [0.25, 0.3) is 0 Å². The smallest absolute Gasteiger partial charge is 0.162 e. The Hall–Kier alpha value is -1.51. The highest BCUT2D eigenvalue weighted by molar-refractivity contribution is 5.99. The van der Waals surface area contributed by atoms with Gasteiger partial charge in [0, 0.05) is 17.8 Å². The average Bonchev–Trinajstić information content (AvgIpc) is 2.18. The number of anilines is 1. The molecule has 0 radical (unpaired) electrons. The molecule has 3 heteroatoms. The minimum Gasteiger partial charge on any atom is -0.497 e. The summed E-state index contributed by atoms with van der Waals surface area (Å²) in [5.41, 5.74) is 1.53. The fraction of sp³-hybridized carbons (Fsp3) is 0.364. The zero-order chi connectivity index (χ0) is 10.6. The van der Waals surface area contributed by atoms with Crippen LogP contribution in [0.4, 0.5) is 5.69 Å². The first-order valence-corrected chi connectivity index (χ1v) is 4.62. The number of hydrogen-bond donors (Lipinski definition) is 1. The summed E-state index contributed by atoms with van der Waals surface area (Å²) in [5.74, 6) is 0.747. The molecule has 0 aromatic heterocycles. The van der Waals surface area contributed by atoms with E-state index in [1.165, 1.54) is 0 Å². The van der Waals surface area contributed by atoms with Gasteiger partial charge in [-0.3, -0.25) is 4.79 Å². The predicted molar refractivity (Wildman–Crippen MR) is 57.2 cm³/mol. The van der Waals surface area contributed by atoms with Crippen molar-refractivity contribution in [3.8, 4) is 5.75 Å². The van der Waals surface area contributed by atoms with Crippen LogP contribution < -0.4 is 10.1 Å². The average molecular weight is 193 g/mol. The molecule has 0 saturated heterocycles. The monoisotopic (exact) mass is 193 g/mol. The highest BCUT2D eigenvalue weighted by Crippen LogP contribution is 2.22. The first-order chi connectivity index (χ1) is 6.69. The number of carbonyl (C=O) groups excluding carboxylic acids is 1. The quantitative estimate of drug-likeness (QED) is 0.746. The Balaban J connectivity index is 3.10. The van der Waals surface area contributed by atoms with E-state index in [1.54, 1.807) is 20.1 Å². The van der Waals surface area contributed by atoms with Crippen molar-refractivity contribution in [3.63, 3.8) is 0 Å². The number of benzene rings is 1. The van der Waals surface area contributed by atoms with Gasteiger partial charge < -0.3 is 10.1 Å². The molecule has 3 nitrogen and oxygen atoms in total. The summed E-state index contributed by atoms with van der Waals surface area (Å²) < 4.78 is 5.06. The Kier molecular flexibility index (Phi) is 3.51. The number of ketones is 1. The van der Waals surface area contributed by atoms with Crippen molar-refractivity contribution in [1.29, 1.82) is 0 Å². The van der Waals surface area contributed by atoms with Crippen LogP contribution in [0.1, 0.15) is 24.2 Å². The van der Waals surface area contributed by atoms with Crippen LogP contribution in [0.15, 0.2) is 18.2 Å². The topological polar surface area (TPSA) is 38.3 Å². The summed E-state index contributed by atoms with van der Waals surface area (Å²) >= 11 is 0. The molecule has 0 aliphatic carbocycles. The molecule has 76 valence electrons. The summed E-state index contributed by atoms with van der Waals surface area (Å²) in [6.07, 6.45) is 0. The maximum atomic E-state index is 11.3. The molecule has 0 saturated carbocycles. The lowest BCUT2D eigenvalue weighted by Crippen LogP contribution is -2.04. The van der Waals surface area contributed by atoms with Crippen LogP contribution in [0.3, 0.4) is 0 Å². The fourth-order valence-electron chi connectivity index (χ4n) is 1.29. The van der Waals surface area contributed by atoms with E-state index in [0.717, 1.165) is 12.2 Å². The van der Waals surface area contributed by atoms with Crippen molar-refractivity contribution in [2.45, 2.75) is 13.8 Å². The van der Waals surface area contributed by atoms with Gasteiger partial charge in [0.05, 0.1) is 7.11 Å². The molecule has 1 rings (SSSR count). The van der Waals surface area contributed by atoms with Crippen LogP contribution in [-0.4, -0.2) is 19.4 Å². The van der Waals surface area contributed by atoms with Crippen LogP contribution >= 0.6 is 0 Å². The molecule has 0 fully saturated rings. The van der Waals surface area contributed by atoms with Crippen molar-refractivity contribution >= 4 is 11.5 Å². The number of nitrogens with one attached hydrogen (secondary N) is 1. The van der Waals surface area contributed by atoms with Gasteiger partial charge in [0.15, 0.2) is 5.78 Å². The lowest BCUT2D eigenvalue weighted by atomic mass is 10.1. The third kappa shape index (κ3) is 2.25. The van der Waals surface area contributed by atoms with Gasteiger partial charge in [-0.2, -0.15) is 0 Å². The van der Waals surface area contributed by atoms with Crippen LogP contribution in [0.2, 0.25) is 0 Å². The molecule has 0 unspecified atom stereocenters. The van der Waals surface area contributed by atoms with E-state index in [0.29, 0.717) is 11.3 Å². The molecule has 0 heterocycles. The van der Waals surface area contributed by atoms with E-state index in [2.05, 4.69) is 5.32 Å². The van der Waals surface area contributed by atoms with Gasteiger partial charge in [0.2, 0.25) is 0 Å². The molecule has 0 amide bonds. The number of ether oxygens (including phenoxy) is 1. The van der Waals surface area contributed by atoms with E-state index >= 15 is 0 Å². The summed E-state index contributed by atoms with van der Waals surface area (Å²) in [6.45, 7) is 4.34. The number of Topliss-reactive ketones (excluding diaryl/α,β-unsaturated/α-hetero) is 1. The number of rotatable bonds is 4. The van der Waals surface area contributed by atoms with Crippen molar-refractivity contribution in [2.75, 3.05) is 19.0 Å². The Morgan fingerprint density at radius 2 is 2.21 bits per heavy atom. The van der Waals surface area contributed by atoms with Gasteiger partial charge in [-0.1, -0.05) is 0 Å². The van der Waals surface area contributed by atoms with Crippen molar-refractivity contribution in [3.05, 3.63) is 23.8 Å². The number of hydrogen-bond acceptors (Lipinski definition) is 3. The molecule has 0 aliphatic rings. The second-order valence-electron chi connectivity index (χ2n) is 3.00. The van der Waals surface area contributed by atoms with Crippen molar-refractivity contribution in [1.82, 2.24) is 0 Å². The highest BCUT2D eigenvalue weighted by Gasteiger charge is 2.07. The third-order valence-electron chi connectivity index (χ3n) is 1.97. The van der Waals surface area contributed by atoms with Crippen LogP contribution in [0.5, 0.6) is 5.75 Å². The van der Waals surface area contributed by atoms with Gasteiger partial charge >= 0.3 is 0 Å². The van der Waals surface area contributed by atoms with Gasteiger partial charge in [-0.25, -0.2) is 0 Å². The van der Waals surface area contributed by atoms with E-state index in [4.69, 9.17) is 4.74 Å². The lowest BCUT2D eigenvalue weighted by Gasteiger charge is -2.09. The van der Waals surface area contributed by atoms with E-state index < -0.39 is 0 Å². The number of carbonyl (C=O) groups is 1. The first kappa shape index (κ1) is 10.6. The number of methoxy groups -OCH3 is 1. The largest absolute Gasteiger partial charge is 0.497 e. The molecule has 0 atom stereocenters. The summed E-state index contributed by atoms with van der Waals surface area (Å²) in [5, 5.41) is 3.13. The summed E-state index contributed by atoms with van der Waals surface area (Å²) in [4.78, 5) is 11.3. The Morgan fingerprint density at radius 3 is 2.71 bits per heavy atom. The minimum atomic E-state index is 0.0415. The normalized spacial score (nSPS) is 9.64. The van der Waals surface area contributed by atoms with Crippen LogP contribution in [0, 0.1) is 0 Å². The molecular formula is C11H15NO2. The lowest BCUT2D eigenvalue weighted by molar-refractivity contribution is 0.101. The maximum Gasteiger partial charge on any atom is 0.162 e. The molecule has 0 spiro atoms. The third-order valence-corrected chi connectivity index (χ3v) is 1.97. The van der Waals surface area contributed by atoms with Crippen molar-refractivity contribution in [2.24, 2.45) is 0 Å². The minimum absolute atomic E-state index is 0.0415. The standard InChI is InChI=1S/C11H15NO2/c1-4-12-11-6-5-9(14-3)7-10(11)8(2)13/h5-7,12H,4H2,1-3H3. The maximum absolute atomic E-state index is 11.3. The van der Waals surface area contributed by atoms with Gasteiger partial charge in [-0.05, 0) is 32.0 Å². The fourth-order valence-corrected chi connectivity index (χ4v) is 1.29. The summed E-state index contributed by atoms with van der Waals surface area (Å²) in [6, 6.07) is 5.45. The van der Waals surface area contributed by atoms with Crippen LogP contribution in [0.25, 0.3) is 0 Å². The summed E-state index contributed by atoms with van der Waals surface area (Å²) in [7, 11) is 1.59. The molecule has 14 heavy (non-hydrogen) atoms. The Morgan fingerprint density at radius 1 is 1.50 bits per heavy atom. The first-order valence-electron chi connectivity index (χ1n) is 4.62. The van der Waals surface area contributed by atoms with E-state index in [9.17, 15) is 4.79 Å². The second kappa shape index (κ2) is 4.65. The Labute approximate surface area is 84.1 Å². The molecule has 1 aromatic rings. The van der Waals surface area contributed by atoms with Crippen LogP contribution in [-0.2, 0) is 0 Å².